The summed E-state index contributed by atoms with van der Waals surface area (Å²) in [6, 6.07) is 14.7. The smallest absolute Gasteiger partial charge is 0.200 e. The number of rotatable bonds is 5. The normalized spacial score (nSPS) is 10.0. The van der Waals surface area contributed by atoms with Gasteiger partial charge in [0, 0.05) is 5.56 Å². The van der Waals surface area contributed by atoms with Crippen LogP contribution in [0.1, 0.15) is 15.9 Å². The quantitative estimate of drug-likeness (QED) is 0.770. The number of ketones is 1. The number of hydrogen-bond acceptors (Lipinski definition) is 3. The van der Waals surface area contributed by atoms with Crippen LogP contribution < -0.4 is 9.47 Å². The molecule has 0 N–H and O–H groups in total. The lowest BCUT2D eigenvalue weighted by Gasteiger charge is -2.08. The van der Waals surface area contributed by atoms with Gasteiger partial charge in [-0.2, -0.15) is 0 Å². The molecule has 0 aliphatic rings. The number of carbonyl (C=O) groups is 1. The molecule has 0 bridgehead atoms. The van der Waals surface area contributed by atoms with Crippen molar-refractivity contribution in [2.75, 3.05) is 13.7 Å². The van der Waals surface area contributed by atoms with Gasteiger partial charge in [0.15, 0.2) is 12.4 Å². The summed E-state index contributed by atoms with van der Waals surface area (Å²) < 4.78 is 10.6. The van der Waals surface area contributed by atoms with E-state index in [1.54, 1.807) is 31.4 Å². The Kier molecular flexibility index (Phi) is 4.18. The van der Waals surface area contributed by atoms with E-state index in [1.807, 2.05) is 31.2 Å². The van der Waals surface area contributed by atoms with Crippen LogP contribution in [0.2, 0.25) is 0 Å². The number of Topliss-reactive ketones (excluding diaryl/α,β-unsaturated/α-hetero) is 1. The Hall–Kier alpha value is -2.29. The van der Waals surface area contributed by atoms with Crippen LogP contribution in [0.3, 0.4) is 0 Å². The summed E-state index contributed by atoms with van der Waals surface area (Å²) in [5.74, 6) is 1.34. The van der Waals surface area contributed by atoms with Crippen molar-refractivity contribution in [3.05, 3.63) is 59.7 Å². The fraction of sp³-hybridized carbons (Fsp3) is 0.188. The van der Waals surface area contributed by atoms with E-state index in [1.165, 1.54) is 0 Å². The lowest BCUT2D eigenvalue weighted by atomic mass is 10.1. The fourth-order valence-corrected chi connectivity index (χ4v) is 1.74. The maximum atomic E-state index is 12.0. The minimum absolute atomic E-state index is 0.0258. The molecule has 0 aliphatic carbocycles. The number of para-hydroxylation sites is 1. The van der Waals surface area contributed by atoms with E-state index in [-0.39, 0.29) is 12.4 Å². The molecule has 19 heavy (non-hydrogen) atoms. The Morgan fingerprint density at radius 2 is 1.89 bits per heavy atom. The first-order chi connectivity index (χ1) is 9.20. The Morgan fingerprint density at radius 3 is 2.63 bits per heavy atom. The van der Waals surface area contributed by atoms with E-state index >= 15 is 0 Å². The van der Waals surface area contributed by atoms with E-state index in [0.29, 0.717) is 11.3 Å². The zero-order chi connectivity index (χ0) is 13.7. The van der Waals surface area contributed by atoms with Crippen molar-refractivity contribution in [1.29, 1.82) is 0 Å². The van der Waals surface area contributed by atoms with Crippen LogP contribution in [0.15, 0.2) is 48.5 Å². The summed E-state index contributed by atoms with van der Waals surface area (Å²) >= 11 is 0. The Morgan fingerprint density at radius 1 is 1.11 bits per heavy atom. The molecule has 0 atom stereocenters. The lowest BCUT2D eigenvalue weighted by Crippen LogP contribution is -2.12. The SMILES string of the molecule is COc1cccc(C(=O)COc2ccccc2C)c1. The number of aryl methyl sites for hydroxylation is 1. The van der Waals surface area contributed by atoms with Crippen molar-refractivity contribution in [2.45, 2.75) is 6.92 Å². The molecule has 0 heterocycles. The van der Waals surface area contributed by atoms with Crippen LogP contribution in [0.5, 0.6) is 11.5 Å². The highest BCUT2D eigenvalue weighted by Crippen LogP contribution is 2.17. The molecule has 0 spiro atoms. The van der Waals surface area contributed by atoms with Gasteiger partial charge in [-0.1, -0.05) is 30.3 Å². The van der Waals surface area contributed by atoms with Crippen LogP contribution in [-0.2, 0) is 0 Å². The van der Waals surface area contributed by atoms with Crippen molar-refractivity contribution in [1.82, 2.24) is 0 Å². The summed E-state index contributed by atoms with van der Waals surface area (Å²) in [6.45, 7) is 1.98. The van der Waals surface area contributed by atoms with Gasteiger partial charge in [-0.25, -0.2) is 0 Å². The van der Waals surface area contributed by atoms with Crippen LogP contribution in [-0.4, -0.2) is 19.5 Å². The second kappa shape index (κ2) is 6.05. The molecule has 3 nitrogen and oxygen atoms in total. The minimum atomic E-state index is -0.0675. The average Bonchev–Trinajstić information content (AvgIpc) is 2.46. The summed E-state index contributed by atoms with van der Waals surface area (Å²) in [7, 11) is 1.58. The molecule has 2 rings (SSSR count). The molecule has 3 heteroatoms. The third kappa shape index (κ3) is 3.35. The summed E-state index contributed by atoms with van der Waals surface area (Å²) in [4.78, 5) is 12.0. The first-order valence-corrected chi connectivity index (χ1v) is 6.06. The first-order valence-electron chi connectivity index (χ1n) is 6.06. The molecule has 0 aliphatic heterocycles. The van der Waals surface area contributed by atoms with E-state index in [0.717, 1.165) is 11.3 Å². The predicted octanol–water partition coefficient (Wildman–Crippen LogP) is 3.27. The van der Waals surface area contributed by atoms with Crippen molar-refractivity contribution in [3.8, 4) is 11.5 Å². The highest BCUT2D eigenvalue weighted by Gasteiger charge is 2.08. The number of hydrogen-bond donors (Lipinski definition) is 0. The van der Waals surface area contributed by atoms with E-state index in [4.69, 9.17) is 9.47 Å². The standard InChI is InChI=1S/C16H16O3/c1-12-6-3-4-9-16(12)19-11-15(17)13-7-5-8-14(10-13)18-2/h3-10H,11H2,1-2H3. The zero-order valence-electron chi connectivity index (χ0n) is 11.1. The molecular formula is C16H16O3. The highest BCUT2D eigenvalue weighted by molar-refractivity contribution is 5.97. The zero-order valence-corrected chi connectivity index (χ0v) is 11.1. The second-order valence-electron chi connectivity index (χ2n) is 4.21. The monoisotopic (exact) mass is 256 g/mol. The van der Waals surface area contributed by atoms with E-state index in [9.17, 15) is 4.79 Å². The van der Waals surface area contributed by atoms with Crippen LogP contribution >= 0.6 is 0 Å². The largest absolute Gasteiger partial charge is 0.497 e. The Labute approximate surface area is 112 Å². The Balaban J connectivity index is 2.03. The highest BCUT2D eigenvalue weighted by atomic mass is 16.5. The third-order valence-electron chi connectivity index (χ3n) is 2.84. The summed E-state index contributed by atoms with van der Waals surface area (Å²) in [5.41, 5.74) is 1.61. The molecule has 0 unspecified atom stereocenters. The molecule has 0 amide bonds. The van der Waals surface area contributed by atoms with Crippen LogP contribution in [0, 0.1) is 6.92 Å². The van der Waals surface area contributed by atoms with Crippen molar-refractivity contribution in [3.63, 3.8) is 0 Å². The number of methoxy groups -OCH3 is 1. The molecule has 2 aromatic carbocycles. The number of benzene rings is 2. The average molecular weight is 256 g/mol. The van der Waals surface area contributed by atoms with Crippen molar-refractivity contribution >= 4 is 5.78 Å². The molecule has 0 radical (unpaired) electrons. The van der Waals surface area contributed by atoms with Gasteiger partial charge in [-0.3, -0.25) is 4.79 Å². The van der Waals surface area contributed by atoms with Gasteiger partial charge >= 0.3 is 0 Å². The summed E-state index contributed by atoms with van der Waals surface area (Å²) in [5, 5.41) is 0. The molecular weight excluding hydrogens is 240 g/mol. The topological polar surface area (TPSA) is 35.5 Å². The second-order valence-corrected chi connectivity index (χ2v) is 4.21. The van der Waals surface area contributed by atoms with Gasteiger partial charge in [-0.05, 0) is 30.7 Å². The lowest BCUT2D eigenvalue weighted by molar-refractivity contribution is 0.0921. The molecule has 98 valence electrons. The fourth-order valence-electron chi connectivity index (χ4n) is 1.74. The molecule has 0 aromatic heterocycles. The molecule has 2 aromatic rings. The maximum Gasteiger partial charge on any atom is 0.200 e. The van der Waals surface area contributed by atoms with Crippen LogP contribution in [0.4, 0.5) is 0 Å². The van der Waals surface area contributed by atoms with Crippen LogP contribution in [0.25, 0.3) is 0 Å². The van der Waals surface area contributed by atoms with E-state index < -0.39 is 0 Å². The third-order valence-corrected chi connectivity index (χ3v) is 2.84. The maximum absolute atomic E-state index is 12.0. The van der Waals surface area contributed by atoms with Gasteiger partial charge in [-0.15, -0.1) is 0 Å². The predicted molar refractivity (Wildman–Crippen MR) is 74.0 cm³/mol. The van der Waals surface area contributed by atoms with Crippen molar-refractivity contribution < 1.29 is 14.3 Å². The Bertz CT molecular complexity index is 576. The number of carbonyl (C=O) groups excluding carboxylic acids is 1. The first kappa shape index (κ1) is 13.1. The van der Waals surface area contributed by atoms with Gasteiger partial charge in [0.05, 0.1) is 7.11 Å². The van der Waals surface area contributed by atoms with E-state index in [2.05, 4.69) is 0 Å². The van der Waals surface area contributed by atoms with Gasteiger partial charge in [0.25, 0.3) is 0 Å². The number of ether oxygens (including phenoxy) is 2. The van der Waals surface area contributed by atoms with Gasteiger partial charge in [0.2, 0.25) is 0 Å². The molecule has 0 fully saturated rings. The van der Waals surface area contributed by atoms with Crippen molar-refractivity contribution in [2.24, 2.45) is 0 Å². The van der Waals surface area contributed by atoms with Gasteiger partial charge < -0.3 is 9.47 Å². The molecule has 0 saturated carbocycles. The van der Waals surface area contributed by atoms with Gasteiger partial charge in [0.1, 0.15) is 11.5 Å². The molecule has 0 saturated heterocycles. The summed E-state index contributed by atoms with van der Waals surface area (Å²) in [6.07, 6.45) is 0. The minimum Gasteiger partial charge on any atom is -0.497 e.